The van der Waals surface area contributed by atoms with Crippen LogP contribution in [-0.2, 0) is 0 Å². The first-order valence-electron chi connectivity index (χ1n) is 5.26. The summed E-state index contributed by atoms with van der Waals surface area (Å²) in [5.74, 6) is 0.182. The van der Waals surface area contributed by atoms with Gasteiger partial charge in [0.25, 0.3) is 0 Å². The van der Waals surface area contributed by atoms with Crippen molar-refractivity contribution in [2.24, 2.45) is 0 Å². The Balaban J connectivity index is 2.62. The van der Waals surface area contributed by atoms with E-state index in [4.69, 9.17) is 0 Å². The third kappa shape index (κ3) is 2.05. The van der Waals surface area contributed by atoms with Crippen molar-refractivity contribution in [3.05, 3.63) is 35.8 Å². The third-order valence-corrected chi connectivity index (χ3v) is 3.33. The van der Waals surface area contributed by atoms with E-state index >= 15 is 0 Å². The van der Waals surface area contributed by atoms with Crippen LogP contribution in [0.4, 0.5) is 4.39 Å². The maximum atomic E-state index is 13.6. The number of fused-ring (bicyclic) bond motifs is 1. The third-order valence-electron chi connectivity index (χ3n) is 2.58. The van der Waals surface area contributed by atoms with E-state index in [0.29, 0.717) is 10.8 Å². The fourth-order valence-electron chi connectivity index (χ4n) is 1.62. The number of halogens is 1. The molecule has 1 heterocycles. The number of benzene rings is 1. The number of thioether (sulfide) groups is 1. The summed E-state index contributed by atoms with van der Waals surface area (Å²) in [6, 6.07) is 7.39. The smallest absolute Gasteiger partial charge is 0.138 e. The summed E-state index contributed by atoms with van der Waals surface area (Å²) >= 11 is 1.42. The normalized spacial score (nSPS) is 11.3. The molecule has 0 saturated heterocycles. The molecule has 0 saturated carbocycles. The second-order valence-corrected chi connectivity index (χ2v) is 4.92. The van der Waals surface area contributed by atoms with E-state index in [1.165, 1.54) is 17.8 Å². The first-order chi connectivity index (χ1) is 7.61. The SMILES string of the molecule is CSc1cc2ccc(C(C)C)nc2cc1F. The quantitative estimate of drug-likeness (QED) is 0.723. The standard InChI is InChI=1S/C13H14FNS/c1-8(2)11-5-4-9-6-13(16-3)10(14)7-12(9)15-11/h4-8H,1-3H3. The van der Waals surface area contributed by atoms with Crippen LogP contribution in [0.2, 0.25) is 0 Å². The molecule has 0 fully saturated rings. The van der Waals surface area contributed by atoms with Crippen LogP contribution in [0, 0.1) is 5.82 Å². The molecule has 2 aromatic rings. The molecule has 16 heavy (non-hydrogen) atoms. The fourth-order valence-corrected chi connectivity index (χ4v) is 2.12. The second kappa shape index (κ2) is 4.42. The molecule has 0 unspecified atom stereocenters. The highest BCUT2D eigenvalue weighted by atomic mass is 32.2. The molecule has 0 bridgehead atoms. The number of nitrogens with zero attached hydrogens (tertiary/aromatic N) is 1. The van der Waals surface area contributed by atoms with Gasteiger partial charge in [-0.25, -0.2) is 4.39 Å². The zero-order valence-corrected chi connectivity index (χ0v) is 10.4. The van der Waals surface area contributed by atoms with Gasteiger partial charge in [-0.15, -0.1) is 11.8 Å². The molecule has 1 aromatic carbocycles. The van der Waals surface area contributed by atoms with Gasteiger partial charge in [-0.2, -0.15) is 0 Å². The molecule has 3 heteroatoms. The number of rotatable bonds is 2. The van der Waals surface area contributed by atoms with Crippen molar-refractivity contribution in [2.45, 2.75) is 24.7 Å². The highest BCUT2D eigenvalue weighted by molar-refractivity contribution is 7.98. The van der Waals surface area contributed by atoms with E-state index in [1.54, 1.807) is 0 Å². The monoisotopic (exact) mass is 235 g/mol. The molecule has 0 atom stereocenters. The van der Waals surface area contributed by atoms with Crippen molar-refractivity contribution in [2.75, 3.05) is 6.26 Å². The van der Waals surface area contributed by atoms with Gasteiger partial charge in [0.2, 0.25) is 0 Å². The first-order valence-corrected chi connectivity index (χ1v) is 6.48. The van der Waals surface area contributed by atoms with Crippen LogP contribution in [-0.4, -0.2) is 11.2 Å². The molecule has 0 aliphatic heterocycles. The topological polar surface area (TPSA) is 12.9 Å². The predicted molar refractivity (Wildman–Crippen MR) is 67.6 cm³/mol. The van der Waals surface area contributed by atoms with Crippen LogP contribution in [0.3, 0.4) is 0 Å². The highest BCUT2D eigenvalue weighted by Gasteiger charge is 2.07. The Morgan fingerprint density at radius 1 is 1.25 bits per heavy atom. The number of hydrogen-bond acceptors (Lipinski definition) is 2. The van der Waals surface area contributed by atoms with Gasteiger partial charge in [0.1, 0.15) is 5.82 Å². The Hall–Kier alpha value is -1.09. The Labute approximate surface area is 99.1 Å². The van der Waals surface area contributed by atoms with Crippen molar-refractivity contribution < 1.29 is 4.39 Å². The lowest BCUT2D eigenvalue weighted by molar-refractivity contribution is 0.604. The summed E-state index contributed by atoms with van der Waals surface area (Å²) in [7, 11) is 0. The zero-order valence-electron chi connectivity index (χ0n) is 9.62. The van der Waals surface area contributed by atoms with Crippen molar-refractivity contribution in [1.82, 2.24) is 4.98 Å². The average molecular weight is 235 g/mol. The lowest BCUT2D eigenvalue weighted by Crippen LogP contribution is -1.93. The van der Waals surface area contributed by atoms with Crippen molar-refractivity contribution >= 4 is 22.7 Å². The van der Waals surface area contributed by atoms with Crippen molar-refractivity contribution in [3.63, 3.8) is 0 Å². The van der Waals surface area contributed by atoms with Crippen LogP contribution in [0.5, 0.6) is 0 Å². The predicted octanol–water partition coefficient (Wildman–Crippen LogP) is 4.22. The molecule has 0 radical (unpaired) electrons. The summed E-state index contributed by atoms with van der Waals surface area (Å²) in [6.07, 6.45) is 1.88. The molecule has 84 valence electrons. The highest BCUT2D eigenvalue weighted by Crippen LogP contribution is 2.25. The molecule has 1 aromatic heterocycles. The van der Waals surface area contributed by atoms with E-state index in [1.807, 2.05) is 24.5 Å². The minimum Gasteiger partial charge on any atom is -0.252 e. The van der Waals surface area contributed by atoms with Crippen molar-refractivity contribution in [3.8, 4) is 0 Å². The summed E-state index contributed by atoms with van der Waals surface area (Å²) in [5, 5.41) is 0.996. The summed E-state index contributed by atoms with van der Waals surface area (Å²) in [6.45, 7) is 4.17. The van der Waals surface area contributed by atoms with Crippen LogP contribution in [0.1, 0.15) is 25.5 Å². The molecule has 0 aliphatic rings. The lowest BCUT2D eigenvalue weighted by Gasteiger charge is -2.07. The van der Waals surface area contributed by atoms with E-state index in [9.17, 15) is 4.39 Å². The Bertz CT molecular complexity index is 523. The minimum absolute atomic E-state index is 0.187. The summed E-state index contributed by atoms with van der Waals surface area (Å²) in [5.41, 5.74) is 1.74. The Morgan fingerprint density at radius 3 is 2.62 bits per heavy atom. The molecule has 0 spiro atoms. The van der Waals surface area contributed by atoms with Gasteiger partial charge in [-0.1, -0.05) is 19.9 Å². The molecule has 0 aliphatic carbocycles. The van der Waals surface area contributed by atoms with E-state index in [-0.39, 0.29) is 5.82 Å². The Kier molecular flexibility index (Phi) is 3.15. The van der Waals surface area contributed by atoms with Gasteiger partial charge in [-0.05, 0) is 24.3 Å². The lowest BCUT2D eigenvalue weighted by atomic mass is 10.1. The van der Waals surface area contributed by atoms with Gasteiger partial charge in [0, 0.05) is 22.0 Å². The van der Waals surface area contributed by atoms with Crippen molar-refractivity contribution in [1.29, 1.82) is 0 Å². The Morgan fingerprint density at radius 2 is 2.00 bits per heavy atom. The fraction of sp³-hybridized carbons (Fsp3) is 0.308. The molecule has 1 nitrogen and oxygen atoms in total. The molecule has 0 amide bonds. The van der Waals surface area contributed by atoms with Crippen LogP contribution >= 0.6 is 11.8 Å². The number of pyridine rings is 1. The average Bonchev–Trinajstić information content (AvgIpc) is 2.27. The number of hydrogen-bond donors (Lipinski definition) is 0. The van der Waals surface area contributed by atoms with Gasteiger partial charge in [0.15, 0.2) is 0 Å². The van der Waals surface area contributed by atoms with Gasteiger partial charge in [0.05, 0.1) is 5.52 Å². The van der Waals surface area contributed by atoms with Crippen LogP contribution in [0.25, 0.3) is 10.9 Å². The first kappa shape index (κ1) is 11.4. The van der Waals surface area contributed by atoms with Gasteiger partial charge in [-0.3, -0.25) is 4.98 Å². The maximum Gasteiger partial charge on any atom is 0.138 e. The number of aromatic nitrogens is 1. The zero-order chi connectivity index (χ0) is 11.7. The second-order valence-electron chi connectivity index (χ2n) is 4.07. The van der Waals surface area contributed by atoms with Crippen LogP contribution < -0.4 is 0 Å². The molecular formula is C13H14FNS. The van der Waals surface area contributed by atoms with E-state index in [2.05, 4.69) is 18.8 Å². The largest absolute Gasteiger partial charge is 0.252 e. The molecule has 0 N–H and O–H groups in total. The van der Waals surface area contributed by atoms with E-state index in [0.717, 1.165) is 16.6 Å². The van der Waals surface area contributed by atoms with Crippen LogP contribution in [0.15, 0.2) is 29.2 Å². The minimum atomic E-state index is -0.187. The molecule has 2 rings (SSSR count). The van der Waals surface area contributed by atoms with E-state index < -0.39 is 0 Å². The maximum absolute atomic E-state index is 13.6. The summed E-state index contributed by atoms with van der Waals surface area (Å²) in [4.78, 5) is 5.13. The summed E-state index contributed by atoms with van der Waals surface area (Å²) < 4.78 is 13.6. The van der Waals surface area contributed by atoms with Gasteiger partial charge < -0.3 is 0 Å². The molecular weight excluding hydrogens is 221 g/mol. The van der Waals surface area contributed by atoms with Gasteiger partial charge >= 0.3 is 0 Å².